The van der Waals surface area contributed by atoms with Crippen LogP contribution in [0.15, 0.2) is 64.8 Å². The molecule has 1 N–H and O–H groups in total. The summed E-state index contributed by atoms with van der Waals surface area (Å²) in [5, 5.41) is 4.40. The number of thiophene rings is 1. The fraction of sp³-hybridized carbons (Fsp3) is 0.433. The molecule has 0 bridgehead atoms. The maximum atomic E-state index is 13.1. The minimum atomic E-state index is -3.61. The predicted octanol–water partition coefficient (Wildman–Crippen LogP) is 6.39. The normalized spacial score (nSPS) is 15.5. The number of rotatable bonds is 14. The van der Waals surface area contributed by atoms with Gasteiger partial charge in [-0.3, -0.25) is 18.3 Å². The van der Waals surface area contributed by atoms with E-state index in [1.165, 1.54) is 21.8 Å². The van der Waals surface area contributed by atoms with Crippen LogP contribution in [0.2, 0.25) is 0 Å². The fourth-order valence-corrected chi connectivity index (χ4v) is 7.43. The summed E-state index contributed by atoms with van der Waals surface area (Å²) in [6.07, 6.45) is 1.78. The molecule has 0 spiro atoms. The molecule has 9 nitrogen and oxygen atoms in total. The second-order valence-electron chi connectivity index (χ2n) is 10.3. The molecule has 220 valence electrons. The lowest BCUT2D eigenvalue weighted by Gasteiger charge is -2.45. The van der Waals surface area contributed by atoms with Gasteiger partial charge in [-0.2, -0.15) is 0 Å². The highest BCUT2D eigenvalue weighted by Gasteiger charge is 2.37. The Balaban J connectivity index is 1.21. The Morgan fingerprint density at radius 2 is 1.76 bits per heavy atom. The molecule has 0 saturated carbocycles. The molecule has 0 atom stereocenters. The van der Waals surface area contributed by atoms with Crippen LogP contribution in [0.3, 0.4) is 0 Å². The first-order valence-electron chi connectivity index (χ1n) is 14.3. The number of quaternary nitrogens is 1. The third-order valence-electron chi connectivity index (χ3n) is 7.56. The fourth-order valence-electron chi connectivity index (χ4n) is 5.38. The van der Waals surface area contributed by atoms with Crippen molar-refractivity contribution in [3.63, 3.8) is 0 Å². The van der Waals surface area contributed by atoms with E-state index in [1.54, 1.807) is 31.3 Å². The molecule has 0 unspecified atom stereocenters. The van der Waals surface area contributed by atoms with Crippen molar-refractivity contribution in [3.8, 4) is 5.75 Å². The number of benzene rings is 2. The number of phosphoric acid groups is 1. The van der Waals surface area contributed by atoms with Crippen LogP contribution in [-0.2, 0) is 18.1 Å². The topological polar surface area (TPSA) is 90.1 Å². The summed E-state index contributed by atoms with van der Waals surface area (Å²) in [5.74, 6) is 0.733. The van der Waals surface area contributed by atoms with E-state index in [-0.39, 0.29) is 25.5 Å². The molecule has 0 aliphatic carbocycles. The van der Waals surface area contributed by atoms with Crippen LogP contribution < -0.4 is 15.2 Å². The smallest absolute Gasteiger partial charge is 0.479 e. The van der Waals surface area contributed by atoms with Crippen LogP contribution in [0.4, 0.5) is 5.69 Å². The highest BCUT2D eigenvalue weighted by molar-refractivity contribution is 7.48. The number of anilines is 1. The Bertz CT molecular complexity index is 1540. The molecule has 1 aliphatic heterocycles. The van der Waals surface area contributed by atoms with Gasteiger partial charge in [0, 0.05) is 27.9 Å². The number of nitrogens with zero attached hydrogens (tertiary/aromatic N) is 2. The lowest BCUT2D eigenvalue weighted by molar-refractivity contribution is -0.943. The Hall–Kier alpha value is -2.72. The number of phosphoric ester groups is 1. The minimum Gasteiger partial charge on any atom is -0.494 e. The Morgan fingerprint density at radius 1 is 0.976 bits per heavy atom. The number of nitrogens with one attached hydrogen (secondary N) is 1. The summed E-state index contributed by atoms with van der Waals surface area (Å²) in [7, 11) is -3.61. The van der Waals surface area contributed by atoms with Crippen LogP contribution in [-0.4, -0.2) is 68.7 Å². The number of hydrogen-bond donors (Lipinski definition) is 1. The monoisotopic (exact) mass is 600 g/mol. The number of aromatic amines is 1. The molecule has 11 heteroatoms. The zero-order valence-corrected chi connectivity index (χ0v) is 25.5. The van der Waals surface area contributed by atoms with E-state index in [1.807, 2.05) is 18.2 Å². The van der Waals surface area contributed by atoms with Gasteiger partial charge in [0.25, 0.3) is 0 Å². The van der Waals surface area contributed by atoms with Crippen molar-refractivity contribution in [1.29, 1.82) is 0 Å². The number of unbranched alkanes of at least 4 members (excludes halogenated alkanes) is 1. The quantitative estimate of drug-likeness (QED) is 0.102. The molecule has 0 radical (unpaired) electrons. The van der Waals surface area contributed by atoms with E-state index in [2.05, 4.69) is 39.5 Å². The van der Waals surface area contributed by atoms with Gasteiger partial charge in [0.2, 0.25) is 5.56 Å². The Labute approximate surface area is 244 Å². The van der Waals surface area contributed by atoms with Crippen molar-refractivity contribution >= 4 is 45.8 Å². The summed E-state index contributed by atoms with van der Waals surface area (Å²) >= 11 is 1.76. The molecule has 4 aromatic rings. The van der Waals surface area contributed by atoms with Crippen molar-refractivity contribution in [2.24, 2.45) is 0 Å². The van der Waals surface area contributed by atoms with E-state index < -0.39 is 7.82 Å². The molecule has 1 aliphatic rings. The lowest BCUT2D eigenvalue weighted by atomic mass is 10.1. The van der Waals surface area contributed by atoms with E-state index >= 15 is 0 Å². The van der Waals surface area contributed by atoms with Gasteiger partial charge in [-0.25, -0.2) is 9.09 Å². The highest BCUT2D eigenvalue weighted by Crippen LogP contribution is 2.49. The summed E-state index contributed by atoms with van der Waals surface area (Å²) in [6, 6.07) is 17.8. The van der Waals surface area contributed by atoms with Crippen molar-refractivity contribution < 1.29 is 27.4 Å². The molecule has 2 aromatic carbocycles. The second-order valence-corrected chi connectivity index (χ2v) is 12.9. The SMILES string of the molecule is CCOP(=O)(OCC)OC[N+]1(CCCCOc2ccc3ccc(=O)[nH]c3c2)CCN(c2cccc3sccc23)CC1. The van der Waals surface area contributed by atoms with E-state index in [9.17, 15) is 9.36 Å². The van der Waals surface area contributed by atoms with E-state index in [4.69, 9.17) is 18.3 Å². The van der Waals surface area contributed by atoms with Crippen molar-refractivity contribution in [2.45, 2.75) is 26.7 Å². The number of piperazine rings is 1. The van der Waals surface area contributed by atoms with Crippen molar-refractivity contribution in [3.05, 3.63) is 70.3 Å². The molecular formula is C30H39N3O6PS+. The standard InChI is InChI=1S/C30H38N3O6PS/c1-3-37-40(35,38-4-2)39-23-33(18-15-32(16-19-33)28-8-7-9-29-26(28)14-21-41-29)17-5-6-20-36-25-12-10-24-11-13-30(34)31-27(24)22-25/h7-14,21-22H,3-6,15-20,23H2,1-2H3/p+1. The first kappa shape index (κ1) is 29.8. The summed E-state index contributed by atoms with van der Waals surface area (Å²) in [6.45, 7) is 9.25. The van der Waals surface area contributed by atoms with E-state index in [0.29, 0.717) is 11.1 Å². The number of aromatic nitrogens is 1. The number of H-pyrrole nitrogens is 1. The summed E-state index contributed by atoms with van der Waals surface area (Å²) in [4.78, 5) is 17.0. The van der Waals surface area contributed by atoms with Crippen LogP contribution >= 0.6 is 19.2 Å². The van der Waals surface area contributed by atoms with Crippen molar-refractivity contribution in [1.82, 2.24) is 4.98 Å². The lowest BCUT2D eigenvalue weighted by Crippen LogP contribution is -2.60. The number of hydrogen-bond acceptors (Lipinski definition) is 8. The van der Waals surface area contributed by atoms with Gasteiger partial charge in [-0.15, -0.1) is 11.3 Å². The Morgan fingerprint density at radius 3 is 2.54 bits per heavy atom. The van der Waals surface area contributed by atoms with Gasteiger partial charge < -0.3 is 14.6 Å². The third kappa shape index (κ3) is 7.38. The largest absolute Gasteiger partial charge is 0.494 e. The minimum absolute atomic E-state index is 0.129. The van der Waals surface area contributed by atoms with Gasteiger partial charge >= 0.3 is 7.82 Å². The summed E-state index contributed by atoms with van der Waals surface area (Å²) < 4.78 is 37.9. The first-order valence-corrected chi connectivity index (χ1v) is 16.6. The zero-order valence-electron chi connectivity index (χ0n) is 23.8. The Kier molecular flexibility index (Phi) is 9.80. The maximum Gasteiger partial charge on any atom is 0.479 e. The summed E-state index contributed by atoms with van der Waals surface area (Å²) in [5.41, 5.74) is 1.90. The number of ether oxygens (including phenoxy) is 1. The molecule has 5 rings (SSSR count). The zero-order chi connectivity index (χ0) is 28.7. The van der Waals surface area contributed by atoms with Crippen LogP contribution in [0, 0.1) is 0 Å². The molecule has 2 aromatic heterocycles. The predicted molar refractivity (Wildman–Crippen MR) is 165 cm³/mol. The average Bonchev–Trinajstić information content (AvgIpc) is 3.46. The molecular weight excluding hydrogens is 561 g/mol. The first-order chi connectivity index (χ1) is 19.9. The van der Waals surface area contributed by atoms with E-state index in [0.717, 1.165) is 62.2 Å². The molecule has 0 amide bonds. The van der Waals surface area contributed by atoms with Gasteiger partial charge in [0.15, 0.2) is 6.73 Å². The van der Waals surface area contributed by atoms with Gasteiger partial charge in [-0.1, -0.05) is 6.07 Å². The number of pyridine rings is 1. The second kappa shape index (κ2) is 13.5. The maximum absolute atomic E-state index is 13.1. The van der Waals surface area contributed by atoms with Crippen LogP contribution in [0.25, 0.3) is 21.0 Å². The average molecular weight is 601 g/mol. The highest BCUT2D eigenvalue weighted by atomic mass is 32.1. The van der Waals surface area contributed by atoms with Gasteiger partial charge in [0.1, 0.15) is 5.75 Å². The van der Waals surface area contributed by atoms with Gasteiger partial charge in [-0.05, 0) is 73.9 Å². The van der Waals surface area contributed by atoms with Crippen LogP contribution in [0.5, 0.6) is 5.75 Å². The van der Waals surface area contributed by atoms with Gasteiger partial charge in [0.05, 0.1) is 58.1 Å². The van der Waals surface area contributed by atoms with Crippen molar-refractivity contribution in [2.75, 3.05) is 64.2 Å². The number of fused-ring (bicyclic) bond motifs is 2. The molecule has 1 fully saturated rings. The third-order valence-corrected chi connectivity index (χ3v) is 10.0. The molecule has 1 saturated heterocycles. The molecule has 41 heavy (non-hydrogen) atoms. The van der Waals surface area contributed by atoms with Crippen LogP contribution in [0.1, 0.15) is 26.7 Å². The molecule has 3 heterocycles.